The number of halogens is 2. The molecule has 0 spiro atoms. The molecule has 0 fully saturated rings. The zero-order valence-corrected chi connectivity index (χ0v) is 23.9. The molecule has 1 aliphatic heterocycles. The molecule has 0 saturated carbocycles. The molecule has 6 rings (SSSR count). The fraction of sp³-hybridized carbons (Fsp3) is 0.121. The summed E-state index contributed by atoms with van der Waals surface area (Å²) in [6, 6.07) is 25.9. The Labute approximate surface area is 247 Å². The smallest absolute Gasteiger partial charge is 0.262 e. The van der Waals surface area contributed by atoms with Gasteiger partial charge in [-0.05, 0) is 79.0 Å². The Hall–Kier alpha value is -4.23. The van der Waals surface area contributed by atoms with E-state index >= 15 is 0 Å². The maximum absolute atomic E-state index is 13.8. The molecular weight excluding hydrogens is 557 g/mol. The highest BCUT2D eigenvalue weighted by molar-refractivity contribution is 6.35. The molecular formula is C33H25Cl2N3O3. The van der Waals surface area contributed by atoms with Crippen molar-refractivity contribution in [3.8, 4) is 11.5 Å². The molecule has 41 heavy (non-hydrogen) atoms. The van der Waals surface area contributed by atoms with E-state index in [2.05, 4.69) is 0 Å². The van der Waals surface area contributed by atoms with Crippen LogP contribution < -0.4 is 4.74 Å². The fourth-order valence-corrected chi connectivity index (χ4v) is 5.60. The summed E-state index contributed by atoms with van der Waals surface area (Å²) in [7, 11) is 3.84. The summed E-state index contributed by atoms with van der Waals surface area (Å²) in [6.45, 7) is 0.894. The summed E-state index contributed by atoms with van der Waals surface area (Å²) in [5.74, 6) is 0.610. The van der Waals surface area contributed by atoms with E-state index in [-0.39, 0.29) is 11.8 Å². The lowest BCUT2D eigenvalue weighted by Gasteiger charge is -2.29. The first-order chi connectivity index (χ1) is 19.8. The van der Waals surface area contributed by atoms with E-state index < -0.39 is 0 Å². The third-order valence-corrected chi connectivity index (χ3v) is 7.42. The van der Waals surface area contributed by atoms with E-state index in [1.54, 1.807) is 30.5 Å². The molecule has 6 nitrogen and oxygen atoms in total. The standard InChI is InChI=1S/C33H25Cl2N3O3/c1-37(2)12-13-38-32(39)27-10-4-7-21-15-28-26(31(30(21)27)33(38)40)9-5-11-29(28)36-19-20-6-3-8-24(14-20)41-25-17-22(34)16-23(35)18-25/h3-11,14-19H,12-13H2,1-2H3/b36-19+. The van der Waals surface area contributed by atoms with Crippen molar-refractivity contribution in [3.63, 3.8) is 0 Å². The van der Waals surface area contributed by atoms with Gasteiger partial charge in [-0.2, -0.15) is 0 Å². The van der Waals surface area contributed by atoms with Crippen LogP contribution in [-0.4, -0.2) is 55.0 Å². The van der Waals surface area contributed by atoms with Gasteiger partial charge in [0.05, 0.1) is 11.3 Å². The number of rotatable bonds is 7. The number of carbonyl (C=O) groups is 2. The number of imide groups is 1. The minimum atomic E-state index is -0.279. The maximum Gasteiger partial charge on any atom is 0.262 e. The van der Waals surface area contributed by atoms with Crippen molar-refractivity contribution < 1.29 is 14.3 Å². The first kappa shape index (κ1) is 27.0. The first-order valence-electron chi connectivity index (χ1n) is 13.1. The molecule has 0 aromatic heterocycles. The zero-order valence-electron chi connectivity index (χ0n) is 22.4. The van der Waals surface area contributed by atoms with Crippen LogP contribution in [0.5, 0.6) is 11.5 Å². The normalized spacial score (nSPS) is 13.2. The predicted octanol–water partition coefficient (Wildman–Crippen LogP) is 8.00. The van der Waals surface area contributed by atoms with Gasteiger partial charge in [0.15, 0.2) is 0 Å². The average Bonchev–Trinajstić information content (AvgIpc) is 2.93. The number of hydrogen-bond acceptors (Lipinski definition) is 5. The molecule has 1 heterocycles. The first-order valence-corrected chi connectivity index (χ1v) is 13.8. The van der Waals surface area contributed by atoms with Gasteiger partial charge in [0.1, 0.15) is 11.5 Å². The third kappa shape index (κ3) is 5.30. The van der Waals surface area contributed by atoms with Crippen molar-refractivity contribution in [1.29, 1.82) is 0 Å². The number of ether oxygens (including phenoxy) is 1. The lowest BCUT2D eigenvalue weighted by Crippen LogP contribution is -2.43. The number of hydrogen-bond donors (Lipinski definition) is 0. The lowest BCUT2D eigenvalue weighted by molar-refractivity contribution is 0.0602. The molecule has 1 aliphatic rings. The quantitative estimate of drug-likeness (QED) is 0.111. The number of amides is 2. The van der Waals surface area contributed by atoms with Crippen LogP contribution in [0.3, 0.4) is 0 Å². The number of likely N-dealkylation sites (N-methyl/N-ethyl adjacent to an activating group) is 1. The van der Waals surface area contributed by atoms with Crippen molar-refractivity contribution in [2.75, 3.05) is 27.2 Å². The van der Waals surface area contributed by atoms with Gasteiger partial charge in [-0.3, -0.25) is 19.5 Å². The van der Waals surface area contributed by atoms with Gasteiger partial charge >= 0.3 is 0 Å². The Morgan fingerprint density at radius 1 is 0.829 bits per heavy atom. The minimum Gasteiger partial charge on any atom is -0.457 e. The second-order valence-electron chi connectivity index (χ2n) is 10.1. The van der Waals surface area contributed by atoms with E-state index in [9.17, 15) is 9.59 Å². The number of aliphatic imine (C=N–C) groups is 1. The predicted molar refractivity (Wildman–Crippen MR) is 166 cm³/mol. The highest BCUT2D eigenvalue weighted by atomic mass is 35.5. The highest BCUT2D eigenvalue weighted by Gasteiger charge is 2.34. The van der Waals surface area contributed by atoms with Gasteiger partial charge in [0, 0.05) is 45.7 Å². The van der Waals surface area contributed by atoms with Crippen molar-refractivity contribution in [1.82, 2.24) is 9.80 Å². The summed E-state index contributed by atoms with van der Waals surface area (Å²) >= 11 is 12.2. The van der Waals surface area contributed by atoms with Crippen molar-refractivity contribution in [2.45, 2.75) is 0 Å². The third-order valence-electron chi connectivity index (χ3n) is 6.99. The van der Waals surface area contributed by atoms with Crippen LogP contribution >= 0.6 is 23.2 Å². The van der Waals surface area contributed by atoms with Crippen LogP contribution in [0.2, 0.25) is 10.0 Å². The van der Waals surface area contributed by atoms with Crippen molar-refractivity contribution in [3.05, 3.63) is 112 Å². The average molecular weight is 582 g/mol. The topological polar surface area (TPSA) is 62.2 Å². The van der Waals surface area contributed by atoms with Crippen LogP contribution in [0, 0.1) is 0 Å². The summed E-state index contributed by atoms with van der Waals surface area (Å²) in [5, 5.41) is 4.11. The fourth-order valence-electron chi connectivity index (χ4n) is 5.10. The Bertz CT molecular complexity index is 1860. The molecule has 5 aromatic carbocycles. The Balaban J connectivity index is 1.39. The molecule has 8 heteroatoms. The summed E-state index contributed by atoms with van der Waals surface area (Å²) < 4.78 is 5.96. The Morgan fingerprint density at radius 2 is 1.59 bits per heavy atom. The number of carbonyl (C=O) groups excluding carboxylic acids is 2. The molecule has 204 valence electrons. The largest absolute Gasteiger partial charge is 0.457 e. The molecule has 0 radical (unpaired) electrons. The van der Waals surface area contributed by atoms with Crippen LogP contribution in [-0.2, 0) is 0 Å². The molecule has 0 saturated heterocycles. The highest BCUT2D eigenvalue weighted by Crippen LogP contribution is 2.39. The van der Waals surface area contributed by atoms with Gasteiger partial charge in [-0.15, -0.1) is 0 Å². The minimum absolute atomic E-state index is 0.259. The molecule has 0 atom stereocenters. The van der Waals surface area contributed by atoms with Gasteiger partial charge in [0.25, 0.3) is 11.8 Å². The Morgan fingerprint density at radius 3 is 2.37 bits per heavy atom. The summed E-state index contributed by atoms with van der Waals surface area (Å²) in [6.07, 6.45) is 1.76. The molecule has 0 bridgehead atoms. The number of benzene rings is 5. The van der Waals surface area contributed by atoms with Gasteiger partial charge in [0.2, 0.25) is 0 Å². The second kappa shape index (κ2) is 11.0. The van der Waals surface area contributed by atoms with Crippen molar-refractivity contribution >= 4 is 68.5 Å². The van der Waals surface area contributed by atoms with Crippen LogP contribution in [0.15, 0.2) is 89.9 Å². The molecule has 5 aromatic rings. The molecule has 2 amide bonds. The SMILES string of the molecule is CN(C)CCN1C(=O)c2cccc3cc4c(/N=C/c5cccc(Oc6cc(Cl)cc(Cl)c6)c5)cccc4c(c23)C1=O. The van der Waals surface area contributed by atoms with E-state index in [4.69, 9.17) is 32.9 Å². The van der Waals surface area contributed by atoms with Crippen LogP contribution in [0.25, 0.3) is 21.5 Å². The van der Waals surface area contributed by atoms with E-state index in [1.807, 2.05) is 79.7 Å². The molecule has 0 N–H and O–H groups in total. The van der Waals surface area contributed by atoms with Crippen LogP contribution in [0.1, 0.15) is 26.3 Å². The van der Waals surface area contributed by atoms with E-state index in [0.29, 0.717) is 56.8 Å². The van der Waals surface area contributed by atoms with E-state index in [1.165, 1.54) is 4.90 Å². The monoisotopic (exact) mass is 581 g/mol. The van der Waals surface area contributed by atoms with Crippen molar-refractivity contribution in [2.24, 2.45) is 4.99 Å². The molecule has 0 aliphatic carbocycles. The maximum atomic E-state index is 13.8. The lowest BCUT2D eigenvalue weighted by atomic mass is 9.89. The zero-order chi connectivity index (χ0) is 28.7. The van der Waals surface area contributed by atoms with Gasteiger partial charge < -0.3 is 9.64 Å². The second-order valence-corrected chi connectivity index (χ2v) is 11.0. The van der Waals surface area contributed by atoms with Crippen LogP contribution in [0.4, 0.5) is 5.69 Å². The van der Waals surface area contributed by atoms with Gasteiger partial charge in [-0.1, -0.05) is 59.6 Å². The summed E-state index contributed by atoms with van der Waals surface area (Å²) in [4.78, 5) is 35.2. The van der Waals surface area contributed by atoms with Gasteiger partial charge in [-0.25, -0.2) is 0 Å². The summed E-state index contributed by atoms with van der Waals surface area (Å²) in [5.41, 5.74) is 2.63. The molecule has 0 unspecified atom stereocenters. The number of fused-ring (bicyclic) bond motifs is 2. The Kier molecular flexibility index (Phi) is 7.22. The van der Waals surface area contributed by atoms with E-state index in [0.717, 1.165) is 21.7 Å². The number of nitrogens with zero attached hydrogens (tertiary/aromatic N) is 3.